The second kappa shape index (κ2) is 4.18. The summed E-state index contributed by atoms with van der Waals surface area (Å²) in [5.74, 6) is -1.66. The Morgan fingerprint density at radius 1 is 1.60 bits per heavy atom. The molecule has 1 heterocycles. The lowest BCUT2D eigenvalue weighted by Gasteiger charge is -2.35. The Hall–Kier alpha value is -1.10. The monoisotopic (exact) mass is 215 g/mol. The summed E-state index contributed by atoms with van der Waals surface area (Å²) in [5.41, 5.74) is -0.462. The van der Waals surface area contributed by atoms with Gasteiger partial charge >= 0.3 is 5.97 Å². The molecular formula is C10H17NO4. The number of carboxylic acids is 1. The minimum absolute atomic E-state index is 0.00544. The van der Waals surface area contributed by atoms with Crippen LogP contribution in [0.3, 0.4) is 0 Å². The summed E-state index contributed by atoms with van der Waals surface area (Å²) in [6.07, 6.45) is 0.537. The third-order valence-electron chi connectivity index (χ3n) is 2.93. The number of aliphatic hydroxyl groups is 1. The summed E-state index contributed by atoms with van der Waals surface area (Å²) < 4.78 is 0. The summed E-state index contributed by atoms with van der Waals surface area (Å²) in [7, 11) is 0. The van der Waals surface area contributed by atoms with Crippen molar-refractivity contribution in [1.82, 2.24) is 4.90 Å². The van der Waals surface area contributed by atoms with Crippen molar-refractivity contribution in [2.45, 2.75) is 32.2 Å². The predicted molar refractivity (Wildman–Crippen MR) is 53.2 cm³/mol. The molecule has 15 heavy (non-hydrogen) atoms. The van der Waals surface area contributed by atoms with Crippen molar-refractivity contribution in [3.05, 3.63) is 0 Å². The topological polar surface area (TPSA) is 77.8 Å². The molecule has 1 amide bonds. The van der Waals surface area contributed by atoms with E-state index in [9.17, 15) is 9.59 Å². The van der Waals surface area contributed by atoms with Gasteiger partial charge in [-0.25, -0.2) is 0 Å². The van der Waals surface area contributed by atoms with Gasteiger partial charge in [0.25, 0.3) is 0 Å². The van der Waals surface area contributed by atoms with Crippen molar-refractivity contribution >= 4 is 11.9 Å². The molecule has 1 unspecified atom stereocenters. The zero-order valence-corrected chi connectivity index (χ0v) is 9.06. The van der Waals surface area contributed by atoms with Crippen molar-refractivity contribution in [2.75, 3.05) is 13.2 Å². The average molecular weight is 215 g/mol. The molecule has 0 aromatic heterocycles. The van der Waals surface area contributed by atoms with Gasteiger partial charge in [0, 0.05) is 25.1 Å². The van der Waals surface area contributed by atoms with Gasteiger partial charge in [0.1, 0.15) is 0 Å². The SMILES string of the molecule is CC(C)(CCO)N1CC(C(=O)O)CC1=O. The third kappa shape index (κ3) is 2.47. The van der Waals surface area contributed by atoms with Gasteiger partial charge < -0.3 is 15.1 Å². The van der Waals surface area contributed by atoms with Crippen LogP contribution in [0, 0.1) is 5.92 Å². The Bertz CT molecular complexity index is 275. The first kappa shape index (κ1) is 12.0. The van der Waals surface area contributed by atoms with E-state index in [1.54, 1.807) is 4.90 Å². The average Bonchev–Trinajstić information content (AvgIpc) is 2.47. The van der Waals surface area contributed by atoms with E-state index in [4.69, 9.17) is 10.2 Å². The Labute approximate surface area is 88.7 Å². The van der Waals surface area contributed by atoms with Crippen LogP contribution in [-0.2, 0) is 9.59 Å². The van der Waals surface area contributed by atoms with Gasteiger partial charge in [0.05, 0.1) is 5.92 Å². The molecule has 1 atom stereocenters. The molecule has 0 saturated carbocycles. The number of carboxylic acid groups (broad SMARTS) is 1. The van der Waals surface area contributed by atoms with Crippen LogP contribution in [0.5, 0.6) is 0 Å². The molecule has 1 aliphatic rings. The molecule has 1 fully saturated rings. The lowest BCUT2D eigenvalue weighted by molar-refractivity contribution is -0.141. The Balaban J connectivity index is 2.72. The molecule has 0 aromatic carbocycles. The number of hydrogen-bond acceptors (Lipinski definition) is 3. The van der Waals surface area contributed by atoms with E-state index in [0.717, 1.165) is 0 Å². The van der Waals surface area contributed by atoms with E-state index in [-0.39, 0.29) is 25.5 Å². The van der Waals surface area contributed by atoms with E-state index >= 15 is 0 Å². The molecule has 5 heteroatoms. The molecule has 0 aromatic rings. The number of nitrogens with zero attached hydrogens (tertiary/aromatic N) is 1. The number of carbonyl (C=O) groups excluding carboxylic acids is 1. The third-order valence-corrected chi connectivity index (χ3v) is 2.93. The first-order chi connectivity index (χ1) is 6.88. The molecule has 1 saturated heterocycles. The summed E-state index contributed by atoms with van der Waals surface area (Å²) in [4.78, 5) is 23.9. The number of hydrogen-bond donors (Lipinski definition) is 2. The lowest BCUT2D eigenvalue weighted by atomic mass is 9.99. The maximum atomic E-state index is 11.6. The minimum Gasteiger partial charge on any atom is -0.481 e. The van der Waals surface area contributed by atoms with Gasteiger partial charge in [0.2, 0.25) is 5.91 Å². The van der Waals surface area contributed by atoms with Gasteiger partial charge in [0.15, 0.2) is 0 Å². The van der Waals surface area contributed by atoms with Gasteiger partial charge in [-0.15, -0.1) is 0 Å². The molecular weight excluding hydrogens is 198 g/mol. The highest BCUT2D eigenvalue weighted by atomic mass is 16.4. The first-order valence-corrected chi connectivity index (χ1v) is 5.02. The Morgan fingerprint density at radius 2 is 2.20 bits per heavy atom. The van der Waals surface area contributed by atoms with E-state index < -0.39 is 17.4 Å². The largest absolute Gasteiger partial charge is 0.481 e. The maximum Gasteiger partial charge on any atom is 0.308 e. The van der Waals surface area contributed by atoms with Crippen LogP contribution in [0.1, 0.15) is 26.7 Å². The normalized spacial score (nSPS) is 22.2. The lowest BCUT2D eigenvalue weighted by Crippen LogP contribution is -2.45. The summed E-state index contributed by atoms with van der Waals surface area (Å²) in [6.45, 7) is 3.92. The number of likely N-dealkylation sites (tertiary alicyclic amines) is 1. The van der Waals surface area contributed by atoms with Gasteiger partial charge in [-0.1, -0.05) is 0 Å². The molecule has 86 valence electrons. The van der Waals surface area contributed by atoms with Crippen molar-refractivity contribution in [3.63, 3.8) is 0 Å². The van der Waals surface area contributed by atoms with Crippen LogP contribution in [0.15, 0.2) is 0 Å². The predicted octanol–water partition coefficient (Wildman–Crippen LogP) is 0.0805. The minimum atomic E-state index is -0.925. The maximum absolute atomic E-state index is 11.6. The van der Waals surface area contributed by atoms with E-state index in [2.05, 4.69) is 0 Å². The Kier molecular flexibility index (Phi) is 3.34. The smallest absolute Gasteiger partial charge is 0.308 e. The fraction of sp³-hybridized carbons (Fsp3) is 0.800. The van der Waals surface area contributed by atoms with Crippen LogP contribution in [-0.4, -0.2) is 45.7 Å². The highest BCUT2D eigenvalue weighted by Crippen LogP contribution is 2.28. The number of amides is 1. The van der Waals surface area contributed by atoms with E-state index in [1.807, 2.05) is 13.8 Å². The van der Waals surface area contributed by atoms with Crippen LogP contribution < -0.4 is 0 Å². The zero-order valence-electron chi connectivity index (χ0n) is 9.06. The number of carbonyl (C=O) groups is 2. The van der Waals surface area contributed by atoms with Gasteiger partial charge in [-0.05, 0) is 20.3 Å². The number of rotatable bonds is 4. The van der Waals surface area contributed by atoms with Gasteiger partial charge in [-0.3, -0.25) is 9.59 Å². The van der Waals surface area contributed by atoms with E-state index in [0.29, 0.717) is 6.42 Å². The number of aliphatic hydroxyl groups excluding tert-OH is 1. The highest BCUT2D eigenvalue weighted by Gasteiger charge is 2.41. The van der Waals surface area contributed by atoms with Crippen molar-refractivity contribution in [3.8, 4) is 0 Å². The molecule has 5 nitrogen and oxygen atoms in total. The standard InChI is InChI=1S/C10H17NO4/c1-10(2,3-4-12)11-6-7(9(14)15)5-8(11)13/h7,12H,3-6H2,1-2H3,(H,14,15). The first-order valence-electron chi connectivity index (χ1n) is 5.02. The molecule has 0 radical (unpaired) electrons. The molecule has 0 spiro atoms. The van der Waals surface area contributed by atoms with E-state index in [1.165, 1.54) is 0 Å². The fourth-order valence-electron chi connectivity index (χ4n) is 1.87. The second-order valence-electron chi connectivity index (χ2n) is 4.53. The van der Waals surface area contributed by atoms with Crippen LogP contribution in [0.25, 0.3) is 0 Å². The van der Waals surface area contributed by atoms with Crippen molar-refractivity contribution in [1.29, 1.82) is 0 Å². The van der Waals surface area contributed by atoms with Crippen molar-refractivity contribution < 1.29 is 19.8 Å². The summed E-state index contributed by atoms with van der Waals surface area (Å²) in [6, 6.07) is 0. The summed E-state index contributed by atoms with van der Waals surface area (Å²) >= 11 is 0. The molecule has 2 N–H and O–H groups in total. The van der Waals surface area contributed by atoms with Crippen LogP contribution >= 0.6 is 0 Å². The molecule has 1 aliphatic heterocycles. The van der Waals surface area contributed by atoms with Crippen LogP contribution in [0.4, 0.5) is 0 Å². The summed E-state index contributed by atoms with van der Waals surface area (Å²) in [5, 5.41) is 17.7. The zero-order chi connectivity index (χ0) is 11.6. The molecule has 0 bridgehead atoms. The second-order valence-corrected chi connectivity index (χ2v) is 4.53. The quantitative estimate of drug-likeness (QED) is 0.696. The molecule has 1 rings (SSSR count). The van der Waals surface area contributed by atoms with Gasteiger partial charge in [-0.2, -0.15) is 0 Å². The fourth-order valence-corrected chi connectivity index (χ4v) is 1.87. The van der Waals surface area contributed by atoms with Crippen LogP contribution in [0.2, 0.25) is 0 Å². The molecule has 0 aliphatic carbocycles. The number of aliphatic carboxylic acids is 1. The Morgan fingerprint density at radius 3 is 2.60 bits per heavy atom. The highest BCUT2D eigenvalue weighted by molar-refractivity contribution is 5.86. The van der Waals surface area contributed by atoms with Crippen molar-refractivity contribution in [2.24, 2.45) is 5.92 Å².